The van der Waals surface area contributed by atoms with Crippen molar-refractivity contribution in [1.82, 2.24) is 19.4 Å². The number of nitrogens with one attached hydrogen (secondary N) is 1. The highest BCUT2D eigenvalue weighted by Gasteiger charge is 2.30. The lowest BCUT2D eigenvalue weighted by Gasteiger charge is -2.28. The molecule has 0 bridgehead atoms. The fourth-order valence-corrected chi connectivity index (χ4v) is 3.82. The van der Waals surface area contributed by atoms with Gasteiger partial charge < -0.3 is 4.90 Å². The van der Waals surface area contributed by atoms with E-state index in [2.05, 4.69) is 10.2 Å². The molecule has 0 amide bonds. The van der Waals surface area contributed by atoms with E-state index in [4.69, 9.17) is 0 Å². The van der Waals surface area contributed by atoms with E-state index in [0.717, 1.165) is 0 Å². The minimum atomic E-state index is -3.47. The van der Waals surface area contributed by atoms with Crippen LogP contribution in [0.1, 0.15) is 19.5 Å². The molecule has 1 heterocycles. The molecule has 1 atom stereocenters. The molecule has 18 heavy (non-hydrogen) atoms. The van der Waals surface area contributed by atoms with Gasteiger partial charge in [0.15, 0.2) is 0 Å². The number of sulfonamides is 1. The second kappa shape index (κ2) is 5.81. The van der Waals surface area contributed by atoms with Gasteiger partial charge in [0.25, 0.3) is 0 Å². The van der Waals surface area contributed by atoms with E-state index < -0.39 is 10.0 Å². The fraction of sp³-hybridized carbons (Fsp3) is 0.727. The second-order valence-corrected chi connectivity index (χ2v) is 6.54. The van der Waals surface area contributed by atoms with Crippen molar-refractivity contribution in [3.05, 3.63) is 11.9 Å². The van der Waals surface area contributed by atoms with Crippen LogP contribution in [0.4, 0.5) is 0 Å². The quantitative estimate of drug-likeness (QED) is 0.828. The summed E-state index contributed by atoms with van der Waals surface area (Å²) in [6.45, 7) is 6.60. The Morgan fingerprint density at radius 1 is 1.44 bits per heavy atom. The van der Waals surface area contributed by atoms with Crippen molar-refractivity contribution < 1.29 is 8.42 Å². The summed E-state index contributed by atoms with van der Waals surface area (Å²) in [5, 5.41) is 6.45. The Kier molecular flexibility index (Phi) is 4.89. The fourth-order valence-electron chi connectivity index (χ4n) is 2.06. The van der Waals surface area contributed by atoms with Crippen molar-refractivity contribution in [1.29, 1.82) is 0 Å². The molecule has 1 N–H and O–H groups in total. The summed E-state index contributed by atoms with van der Waals surface area (Å²) >= 11 is 0. The van der Waals surface area contributed by atoms with Gasteiger partial charge >= 0.3 is 0 Å². The third-order valence-electron chi connectivity index (χ3n) is 2.80. The molecule has 0 aliphatic heterocycles. The molecule has 0 aliphatic carbocycles. The molecule has 1 aromatic rings. The summed E-state index contributed by atoms with van der Waals surface area (Å²) in [6.07, 6.45) is 1.37. The number of nitrogens with zero attached hydrogens (tertiary/aromatic N) is 3. The Bertz CT molecular complexity index is 481. The molecule has 0 aliphatic rings. The van der Waals surface area contributed by atoms with Gasteiger partial charge in [-0.15, -0.1) is 0 Å². The number of likely N-dealkylation sites (N-methyl/N-ethyl adjacent to an activating group) is 2. The van der Waals surface area contributed by atoms with E-state index in [9.17, 15) is 8.42 Å². The molecule has 1 aromatic heterocycles. The second-order valence-electron chi connectivity index (χ2n) is 4.68. The van der Waals surface area contributed by atoms with Crippen LogP contribution < -0.4 is 0 Å². The normalized spacial score (nSPS) is 14.4. The van der Waals surface area contributed by atoms with E-state index in [1.807, 2.05) is 32.8 Å². The van der Waals surface area contributed by atoms with Crippen LogP contribution in [-0.2, 0) is 10.0 Å². The average Bonchev–Trinajstić information content (AvgIpc) is 2.64. The molecule has 1 unspecified atom stereocenters. The zero-order valence-electron chi connectivity index (χ0n) is 11.6. The molecule has 0 aromatic carbocycles. The van der Waals surface area contributed by atoms with Gasteiger partial charge in [0, 0.05) is 19.1 Å². The Balaban J connectivity index is 3.05. The van der Waals surface area contributed by atoms with Crippen molar-refractivity contribution in [3.63, 3.8) is 0 Å². The predicted molar refractivity (Wildman–Crippen MR) is 70.9 cm³/mol. The van der Waals surface area contributed by atoms with Gasteiger partial charge in [-0.2, -0.15) is 9.40 Å². The van der Waals surface area contributed by atoms with Crippen LogP contribution in [0.5, 0.6) is 0 Å². The molecule has 0 radical (unpaired) electrons. The van der Waals surface area contributed by atoms with Gasteiger partial charge in [0.1, 0.15) is 4.90 Å². The minimum Gasteiger partial charge on any atom is -0.308 e. The highest BCUT2D eigenvalue weighted by atomic mass is 32.2. The number of aryl methyl sites for hydroxylation is 1. The van der Waals surface area contributed by atoms with Gasteiger partial charge in [0.05, 0.1) is 11.9 Å². The van der Waals surface area contributed by atoms with Crippen LogP contribution in [0.25, 0.3) is 0 Å². The Morgan fingerprint density at radius 2 is 2.06 bits per heavy atom. The lowest BCUT2D eigenvalue weighted by atomic mass is 10.3. The molecule has 0 fully saturated rings. The number of hydrogen-bond acceptors (Lipinski definition) is 4. The predicted octanol–water partition coefficient (Wildman–Crippen LogP) is 0.679. The number of H-pyrrole nitrogens is 1. The number of hydrogen-bond donors (Lipinski definition) is 1. The maximum Gasteiger partial charge on any atom is 0.246 e. The first kappa shape index (κ1) is 15.1. The maximum atomic E-state index is 12.5. The molecule has 6 nitrogen and oxygen atoms in total. The van der Waals surface area contributed by atoms with Gasteiger partial charge in [-0.25, -0.2) is 8.42 Å². The van der Waals surface area contributed by atoms with Crippen LogP contribution in [0.2, 0.25) is 0 Å². The van der Waals surface area contributed by atoms with E-state index in [0.29, 0.717) is 18.8 Å². The van der Waals surface area contributed by atoms with Crippen molar-refractivity contribution >= 4 is 10.0 Å². The molecule has 0 spiro atoms. The smallest absolute Gasteiger partial charge is 0.246 e. The zero-order chi connectivity index (χ0) is 13.9. The first-order chi connectivity index (χ1) is 8.30. The molecule has 104 valence electrons. The highest BCUT2D eigenvalue weighted by molar-refractivity contribution is 7.89. The van der Waals surface area contributed by atoms with E-state index >= 15 is 0 Å². The van der Waals surface area contributed by atoms with Crippen molar-refractivity contribution in [2.45, 2.75) is 31.7 Å². The molecule has 1 rings (SSSR count). The number of aromatic amines is 1. The van der Waals surface area contributed by atoms with Crippen molar-refractivity contribution in [2.24, 2.45) is 0 Å². The SMILES string of the molecule is CCN(C(C)CN(C)C)S(=O)(=O)c1cn[nH]c1C. The lowest BCUT2D eigenvalue weighted by molar-refractivity contribution is 0.271. The van der Waals surface area contributed by atoms with Crippen molar-refractivity contribution in [2.75, 3.05) is 27.2 Å². The summed E-state index contributed by atoms with van der Waals surface area (Å²) < 4.78 is 26.5. The largest absolute Gasteiger partial charge is 0.308 e. The third kappa shape index (κ3) is 3.09. The van der Waals surface area contributed by atoms with Crippen LogP contribution in [0.3, 0.4) is 0 Å². The van der Waals surface area contributed by atoms with Gasteiger partial charge in [0.2, 0.25) is 10.0 Å². The Morgan fingerprint density at radius 3 is 2.44 bits per heavy atom. The summed E-state index contributed by atoms with van der Waals surface area (Å²) in [5.41, 5.74) is 0.575. The summed E-state index contributed by atoms with van der Waals surface area (Å²) in [5.74, 6) is 0. The van der Waals surface area contributed by atoms with Crippen LogP contribution >= 0.6 is 0 Å². The Labute approximate surface area is 109 Å². The summed E-state index contributed by atoms with van der Waals surface area (Å²) in [4.78, 5) is 2.24. The first-order valence-electron chi connectivity index (χ1n) is 5.97. The van der Waals surface area contributed by atoms with Crippen LogP contribution in [0.15, 0.2) is 11.1 Å². The zero-order valence-corrected chi connectivity index (χ0v) is 12.5. The molecular formula is C11H22N4O2S. The van der Waals surface area contributed by atoms with E-state index in [1.54, 1.807) is 6.92 Å². The summed E-state index contributed by atoms with van der Waals surface area (Å²) in [7, 11) is 0.391. The monoisotopic (exact) mass is 274 g/mol. The average molecular weight is 274 g/mol. The van der Waals surface area contributed by atoms with E-state index in [1.165, 1.54) is 10.5 Å². The number of aromatic nitrogens is 2. The molecule has 0 saturated carbocycles. The van der Waals surface area contributed by atoms with E-state index in [-0.39, 0.29) is 10.9 Å². The summed E-state index contributed by atoms with van der Waals surface area (Å²) in [6, 6.07) is -0.0794. The highest BCUT2D eigenvalue weighted by Crippen LogP contribution is 2.19. The number of rotatable bonds is 6. The topological polar surface area (TPSA) is 69.3 Å². The maximum absolute atomic E-state index is 12.5. The minimum absolute atomic E-state index is 0.0794. The van der Waals surface area contributed by atoms with Crippen LogP contribution in [-0.4, -0.2) is 61.0 Å². The van der Waals surface area contributed by atoms with Crippen molar-refractivity contribution in [3.8, 4) is 0 Å². The molecular weight excluding hydrogens is 252 g/mol. The standard InChI is InChI=1S/C11H22N4O2S/c1-6-15(9(2)8-14(4)5)18(16,17)11-7-12-13-10(11)3/h7,9H,6,8H2,1-5H3,(H,12,13). The molecule has 0 saturated heterocycles. The third-order valence-corrected chi connectivity index (χ3v) is 5.01. The van der Waals surface area contributed by atoms with Gasteiger partial charge in [-0.05, 0) is 27.9 Å². The molecule has 7 heteroatoms. The lowest BCUT2D eigenvalue weighted by Crippen LogP contribution is -2.43. The Hall–Kier alpha value is -0.920. The first-order valence-corrected chi connectivity index (χ1v) is 7.41. The van der Waals surface area contributed by atoms with Gasteiger partial charge in [-0.1, -0.05) is 6.92 Å². The van der Waals surface area contributed by atoms with Gasteiger partial charge in [-0.3, -0.25) is 5.10 Å². The van der Waals surface area contributed by atoms with Crippen LogP contribution in [0, 0.1) is 6.92 Å².